The zero-order valence-electron chi connectivity index (χ0n) is 14.7. The number of rotatable bonds is 9. The molecule has 1 saturated heterocycles. The van der Waals surface area contributed by atoms with Gasteiger partial charge in [0.05, 0.1) is 12.8 Å². The highest BCUT2D eigenvalue weighted by Gasteiger charge is 2.19. The van der Waals surface area contributed by atoms with E-state index >= 15 is 0 Å². The molecule has 1 aromatic carbocycles. The van der Waals surface area contributed by atoms with Crippen LogP contribution >= 0.6 is 21.6 Å². The molecule has 1 heterocycles. The minimum Gasteiger partial charge on any atom is -0.495 e. The van der Waals surface area contributed by atoms with Gasteiger partial charge in [0.15, 0.2) is 6.10 Å². The van der Waals surface area contributed by atoms with Gasteiger partial charge in [-0.15, -0.1) is 0 Å². The standard InChI is InChI=1S/C18H25NO4S2/c1-13(18(21)19-15-8-4-5-9-16(15)22-2)23-17(20)10-6-3-7-14-11-12-24-25-14/h4-5,8-9,13-14H,3,6-7,10-12H2,1-2H3,(H,19,21)/t13-,14+/m1/s1. The lowest BCUT2D eigenvalue weighted by molar-refractivity contribution is -0.153. The van der Waals surface area contributed by atoms with Gasteiger partial charge in [-0.3, -0.25) is 9.59 Å². The molecule has 0 saturated carbocycles. The summed E-state index contributed by atoms with van der Waals surface area (Å²) in [4.78, 5) is 24.1. The Morgan fingerprint density at radius 1 is 1.32 bits per heavy atom. The Morgan fingerprint density at radius 2 is 2.12 bits per heavy atom. The van der Waals surface area contributed by atoms with Crippen molar-refractivity contribution in [1.82, 2.24) is 0 Å². The van der Waals surface area contributed by atoms with Crippen LogP contribution in [-0.4, -0.2) is 36.1 Å². The average Bonchev–Trinajstić information content (AvgIpc) is 3.12. The van der Waals surface area contributed by atoms with Crippen LogP contribution < -0.4 is 10.1 Å². The molecule has 0 radical (unpaired) electrons. The maximum absolute atomic E-state index is 12.2. The number of amides is 1. The van der Waals surface area contributed by atoms with Gasteiger partial charge in [-0.05, 0) is 38.3 Å². The van der Waals surface area contributed by atoms with Crippen LogP contribution in [0.15, 0.2) is 24.3 Å². The summed E-state index contributed by atoms with van der Waals surface area (Å²) in [6.45, 7) is 1.58. The number of hydrogen-bond acceptors (Lipinski definition) is 6. The highest BCUT2D eigenvalue weighted by atomic mass is 33.1. The molecule has 2 rings (SSSR count). The number of benzene rings is 1. The van der Waals surface area contributed by atoms with E-state index in [1.165, 1.54) is 19.3 Å². The third-order valence-corrected chi connectivity index (χ3v) is 6.93. The fraction of sp³-hybridized carbons (Fsp3) is 0.556. The van der Waals surface area contributed by atoms with Crippen molar-refractivity contribution >= 4 is 39.2 Å². The van der Waals surface area contributed by atoms with E-state index in [0.717, 1.165) is 24.5 Å². The normalized spacial score (nSPS) is 17.8. The van der Waals surface area contributed by atoms with Gasteiger partial charge < -0.3 is 14.8 Å². The highest BCUT2D eigenvalue weighted by molar-refractivity contribution is 8.77. The Bertz CT molecular complexity index is 576. The number of carbonyl (C=O) groups excluding carboxylic acids is 2. The first-order valence-electron chi connectivity index (χ1n) is 8.51. The van der Waals surface area contributed by atoms with E-state index < -0.39 is 6.10 Å². The SMILES string of the molecule is COc1ccccc1NC(=O)[C@@H](C)OC(=O)CCCC[C@H]1CCSS1. The zero-order chi connectivity index (χ0) is 18.1. The van der Waals surface area contributed by atoms with Gasteiger partial charge in [0.2, 0.25) is 0 Å². The molecule has 1 aliphatic rings. The third-order valence-electron chi connectivity index (χ3n) is 3.93. The summed E-state index contributed by atoms with van der Waals surface area (Å²) < 4.78 is 10.4. The smallest absolute Gasteiger partial charge is 0.306 e. The summed E-state index contributed by atoms with van der Waals surface area (Å²) in [5, 5.41) is 3.45. The summed E-state index contributed by atoms with van der Waals surface area (Å²) in [5.74, 6) is 1.11. The monoisotopic (exact) mass is 383 g/mol. The van der Waals surface area contributed by atoms with Crippen LogP contribution in [0.2, 0.25) is 0 Å². The lowest BCUT2D eigenvalue weighted by Crippen LogP contribution is -2.30. The maximum atomic E-state index is 12.2. The van der Waals surface area contributed by atoms with Gasteiger partial charge in [0, 0.05) is 17.4 Å². The van der Waals surface area contributed by atoms with Gasteiger partial charge in [-0.2, -0.15) is 0 Å². The second-order valence-corrected chi connectivity index (χ2v) is 8.68. The van der Waals surface area contributed by atoms with E-state index in [9.17, 15) is 9.59 Å². The van der Waals surface area contributed by atoms with Crippen molar-refractivity contribution in [3.63, 3.8) is 0 Å². The molecule has 7 heteroatoms. The molecule has 0 bridgehead atoms. The second kappa shape index (κ2) is 10.6. The summed E-state index contributed by atoms with van der Waals surface area (Å²) in [5.41, 5.74) is 0.560. The predicted molar refractivity (Wildman–Crippen MR) is 104 cm³/mol. The Labute approximate surface area is 157 Å². The van der Waals surface area contributed by atoms with Crippen molar-refractivity contribution in [3.8, 4) is 5.75 Å². The van der Waals surface area contributed by atoms with E-state index in [1.807, 2.05) is 27.7 Å². The van der Waals surface area contributed by atoms with E-state index in [4.69, 9.17) is 9.47 Å². The van der Waals surface area contributed by atoms with Crippen molar-refractivity contribution < 1.29 is 19.1 Å². The third kappa shape index (κ3) is 6.82. The molecular formula is C18H25NO4S2. The van der Waals surface area contributed by atoms with Crippen molar-refractivity contribution in [2.24, 2.45) is 0 Å². The Hall–Kier alpha value is -1.34. The number of ether oxygens (including phenoxy) is 2. The fourth-order valence-corrected chi connectivity index (χ4v) is 5.53. The van der Waals surface area contributed by atoms with Gasteiger partial charge in [0.1, 0.15) is 5.75 Å². The minimum absolute atomic E-state index is 0.323. The molecule has 0 spiro atoms. The summed E-state index contributed by atoms with van der Waals surface area (Å²) in [6, 6.07) is 7.12. The molecule has 0 unspecified atom stereocenters. The Kier molecular flexibility index (Phi) is 8.48. The lowest BCUT2D eigenvalue weighted by atomic mass is 10.1. The Morgan fingerprint density at radius 3 is 2.84 bits per heavy atom. The lowest BCUT2D eigenvalue weighted by Gasteiger charge is -2.15. The number of hydrogen-bond donors (Lipinski definition) is 1. The molecule has 0 aromatic heterocycles. The van der Waals surface area contributed by atoms with Crippen LogP contribution in [-0.2, 0) is 14.3 Å². The molecule has 1 aromatic rings. The number of methoxy groups -OCH3 is 1. The van der Waals surface area contributed by atoms with Crippen molar-refractivity contribution in [2.45, 2.75) is 50.4 Å². The number of unbranched alkanes of at least 4 members (excludes halogenated alkanes) is 1. The molecule has 138 valence electrons. The van der Waals surface area contributed by atoms with Crippen LogP contribution in [0.1, 0.15) is 39.0 Å². The summed E-state index contributed by atoms with van der Waals surface area (Å²) >= 11 is 0. The number of anilines is 1. The van der Waals surface area contributed by atoms with Gasteiger partial charge in [0.25, 0.3) is 5.91 Å². The molecule has 2 atom stereocenters. The van der Waals surface area contributed by atoms with Gasteiger partial charge in [-0.25, -0.2) is 0 Å². The Balaban J connectivity index is 1.67. The first-order chi connectivity index (χ1) is 12.1. The molecule has 1 aliphatic heterocycles. The number of nitrogens with one attached hydrogen (secondary N) is 1. The molecule has 5 nitrogen and oxygen atoms in total. The first-order valence-corrected chi connectivity index (χ1v) is 10.9. The fourth-order valence-electron chi connectivity index (χ4n) is 2.50. The van der Waals surface area contributed by atoms with Crippen LogP contribution in [0.5, 0.6) is 5.75 Å². The molecule has 1 N–H and O–H groups in total. The van der Waals surface area contributed by atoms with E-state index in [0.29, 0.717) is 17.9 Å². The van der Waals surface area contributed by atoms with Crippen molar-refractivity contribution in [2.75, 3.05) is 18.2 Å². The first kappa shape index (κ1) is 20.0. The minimum atomic E-state index is -0.834. The molecule has 1 fully saturated rings. The van der Waals surface area contributed by atoms with E-state index in [2.05, 4.69) is 5.32 Å². The number of para-hydroxylation sites is 2. The largest absolute Gasteiger partial charge is 0.495 e. The topological polar surface area (TPSA) is 64.6 Å². The summed E-state index contributed by atoms with van der Waals surface area (Å²) in [6.07, 6.45) is 3.77. The molecule has 25 heavy (non-hydrogen) atoms. The van der Waals surface area contributed by atoms with Gasteiger partial charge >= 0.3 is 5.97 Å². The van der Waals surface area contributed by atoms with Crippen LogP contribution in [0.25, 0.3) is 0 Å². The van der Waals surface area contributed by atoms with Crippen molar-refractivity contribution in [1.29, 1.82) is 0 Å². The predicted octanol–water partition coefficient (Wildman–Crippen LogP) is 4.28. The average molecular weight is 384 g/mol. The van der Waals surface area contributed by atoms with E-state index in [-0.39, 0.29) is 11.9 Å². The molecule has 1 amide bonds. The van der Waals surface area contributed by atoms with Crippen LogP contribution in [0.4, 0.5) is 5.69 Å². The zero-order valence-corrected chi connectivity index (χ0v) is 16.3. The second-order valence-electron chi connectivity index (χ2n) is 5.90. The quantitative estimate of drug-likeness (QED) is 0.390. The summed E-state index contributed by atoms with van der Waals surface area (Å²) in [7, 11) is 5.43. The highest BCUT2D eigenvalue weighted by Crippen LogP contribution is 2.39. The van der Waals surface area contributed by atoms with Gasteiger partial charge in [-0.1, -0.05) is 40.1 Å². The van der Waals surface area contributed by atoms with E-state index in [1.54, 1.807) is 25.1 Å². The molecular weight excluding hydrogens is 358 g/mol. The van der Waals surface area contributed by atoms with Crippen molar-refractivity contribution in [3.05, 3.63) is 24.3 Å². The maximum Gasteiger partial charge on any atom is 0.306 e. The number of carbonyl (C=O) groups is 2. The molecule has 0 aliphatic carbocycles. The van der Waals surface area contributed by atoms with Crippen LogP contribution in [0, 0.1) is 0 Å². The number of esters is 1. The van der Waals surface area contributed by atoms with Crippen LogP contribution in [0.3, 0.4) is 0 Å².